The fraction of sp³-hybridized carbons (Fsp3) is 0.188. The summed E-state index contributed by atoms with van der Waals surface area (Å²) in [6, 6.07) is 7.83. The molecule has 5 heteroatoms. The third kappa shape index (κ3) is 2.60. The lowest BCUT2D eigenvalue weighted by Crippen LogP contribution is -2.34. The maximum absolute atomic E-state index is 9.42. The van der Waals surface area contributed by atoms with Crippen LogP contribution in [0.25, 0.3) is 11.1 Å². The molecule has 0 bridgehead atoms. The highest BCUT2D eigenvalue weighted by atomic mass is 32.1. The maximum atomic E-state index is 9.42. The molecule has 1 atom stereocenters. The van der Waals surface area contributed by atoms with Gasteiger partial charge in [0.15, 0.2) is 0 Å². The number of thiophene rings is 2. The van der Waals surface area contributed by atoms with E-state index in [4.69, 9.17) is 5.73 Å². The molecule has 0 saturated carbocycles. The zero-order valence-corrected chi connectivity index (χ0v) is 13.5. The summed E-state index contributed by atoms with van der Waals surface area (Å²) < 4.78 is 0. The molecule has 0 aliphatic heterocycles. The van der Waals surface area contributed by atoms with E-state index < -0.39 is 6.04 Å². The summed E-state index contributed by atoms with van der Waals surface area (Å²) in [5, 5.41) is 12.9. The molecule has 108 valence electrons. The number of aryl methyl sites for hydroxylation is 2. The normalized spacial score (nSPS) is 20.5. The molecule has 2 heterocycles. The highest BCUT2D eigenvalue weighted by molar-refractivity contribution is 7.13. The van der Waals surface area contributed by atoms with E-state index in [1.165, 1.54) is 9.75 Å². The molecule has 2 aromatic rings. The zero-order chi connectivity index (χ0) is 15.0. The molecule has 0 fully saturated rings. The van der Waals surface area contributed by atoms with Gasteiger partial charge in [0, 0.05) is 25.1 Å². The summed E-state index contributed by atoms with van der Waals surface area (Å²) in [4.78, 5) is 4.66. The Bertz CT molecular complexity index is 765. The Morgan fingerprint density at radius 2 is 1.62 bits per heavy atom. The van der Waals surface area contributed by atoms with E-state index in [-0.39, 0.29) is 0 Å². The second kappa shape index (κ2) is 5.60. The second-order valence-corrected chi connectivity index (χ2v) is 7.56. The van der Waals surface area contributed by atoms with E-state index >= 15 is 0 Å². The van der Waals surface area contributed by atoms with E-state index in [0.29, 0.717) is 5.71 Å². The fourth-order valence-electron chi connectivity index (χ4n) is 2.41. The van der Waals surface area contributed by atoms with Crippen LogP contribution in [0.15, 0.2) is 41.6 Å². The molecule has 0 radical (unpaired) electrons. The van der Waals surface area contributed by atoms with Crippen molar-refractivity contribution in [1.29, 1.82) is 0 Å². The van der Waals surface area contributed by atoms with Crippen LogP contribution in [0.3, 0.4) is 0 Å². The summed E-state index contributed by atoms with van der Waals surface area (Å²) in [5.74, 6) is 0. The maximum Gasteiger partial charge on any atom is 0.109 e. The Morgan fingerprint density at radius 1 is 1.00 bits per heavy atom. The molecule has 0 amide bonds. The SMILES string of the molecule is Cc1ccc(C2=CC=C(c3ccc(C)s3)C(N)/C2=N\O)s1. The first-order valence-corrected chi connectivity index (χ1v) is 8.27. The monoisotopic (exact) mass is 316 g/mol. The number of allylic oxidation sites excluding steroid dienone is 2. The van der Waals surface area contributed by atoms with Gasteiger partial charge in [0.05, 0.1) is 6.04 Å². The van der Waals surface area contributed by atoms with Gasteiger partial charge in [-0.3, -0.25) is 0 Å². The summed E-state index contributed by atoms with van der Waals surface area (Å²) >= 11 is 3.37. The van der Waals surface area contributed by atoms with E-state index in [0.717, 1.165) is 20.9 Å². The first-order valence-electron chi connectivity index (χ1n) is 6.63. The van der Waals surface area contributed by atoms with Crippen LogP contribution >= 0.6 is 22.7 Å². The molecular formula is C16H16N2OS2. The van der Waals surface area contributed by atoms with Gasteiger partial charge in [0.25, 0.3) is 0 Å². The molecule has 3 N–H and O–H groups in total. The first kappa shape index (κ1) is 14.3. The van der Waals surface area contributed by atoms with E-state index in [2.05, 4.69) is 37.2 Å². The minimum Gasteiger partial charge on any atom is -0.411 e. The van der Waals surface area contributed by atoms with Gasteiger partial charge < -0.3 is 10.9 Å². The van der Waals surface area contributed by atoms with Crippen molar-refractivity contribution in [3.63, 3.8) is 0 Å². The van der Waals surface area contributed by atoms with Crippen molar-refractivity contribution in [3.8, 4) is 0 Å². The van der Waals surface area contributed by atoms with Crippen LogP contribution in [0.4, 0.5) is 0 Å². The molecule has 0 spiro atoms. The number of hydrogen-bond acceptors (Lipinski definition) is 5. The van der Waals surface area contributed by atoms with Crippen molar-refractivity contribution in [1.82, 2.24) is 0 Å². The van der Waals surface area contributed by atoms with Crippen LogP contribution in [0.5, 0.6) is 0 Å². The minimum atomic E-state index is -0.407. The van der Waals surface area contributed by atoms with Crippen LogP contribution in [0.1, 0.15) is 19.5 Å². The van der Waals surface area contributed by atoms with Crippen molar-refractivity contribution in [3.05, 3.63) is 55.9 Å². The zero-order valence-electron chi connectivity index (χ0n) is 11.8. The average Bonchev–Trinajstić information content (AvgIpc) is 3.07. The van der Waals surface area contributed by atoms with Crippen LogP contribution in [0.2, 0.25) is 0 Å². The topological polar surface area (TPSA) is 58.6 Å². The van der Waals surface area contributed by atoms with Crippen LogP contribution in [0, 0.1) is 13.8 Å². The fourth-order valence-corrected chi connectivity index (χ4v) is 4.24. The van der Waals surface area contributed by atoms with Crippen LogP contribution in [-0.4, -0.2) is 17.0 Å². The Kier molecular flexibility index (Phi) is 3.80. The summed E-state index contributed by atoms with van der Waals surface area (Å²) in [6.07, 6.45) is 4.03. The predicted octanol–water partition coefficient (Wildman–Crippen LogP) is 4.06. The lowest BCUT2D eigenvalue weighted by Gasteiger charge is -2.21. The van der Waals surface area contributed by atoms with Gasteiger partial charge in [0.2, 0.25) is 0 Å². The number of hydrogen-bond donors (Lipinski definition) is 2. The smallest absolute Gasteiger partial charge is 0.109 e. The molecule has 0 saturated heterocycles. The van der Waals surface area contributed by atoms with Crippen LogP contribution in [-0.2, 0) is 0 Å². The second-order valence-electron chi connectivity index (χ2n) is 4.99. The van der Waals surface area contributed by atoms with Gasteiger partial charge in [-0.25, -0.2) is 0 Å². The largest absolute Gasteiger partial charge is 0.411 e. The van der Waals surface area contributed by atoms with Gasteiger partial charge >= 0.3 is 0 Å². The molecule has 21 heavy (non-hydrogen) atoms. The van der Waals surface area contributed by atoms with E-state index in [1.807, 2.05) is 18.2 Å². The molecule has 0 aromatic carbocycles. The third-order valence-corrected chi connectivity index (χ3v) is 5.56. The highest BCUT2D eigenvalue weighted by Gasteiger charge is 2.27. The van der Waals surface area contributed by atoms with Crippen molar-refractivity contribution in [2.24, 2.45) is 10.9 Å². The van der Waals surface area contributed by atoms with Gasteiger partial charge in [-0.05, 0) is 43.7 Å². The summed E-state index contributed by atoms with van der Waals surface area (Å²) in [7, 11) is 0. The molecule has 3 rings (SSSR count). The van der Waals surface area contributed by atoms with Gasteiger partial charge in [-0.1, -0.05) is 17.3 Å². The molecule has 1 aliphatic carbocycles. The number of nitrogens with zero attached hydrogens (tertiary/aromatic N) is 1. The van der Waals surface area contributed by atoms with E-state index in [1.54, 1.807) is 22.7 Å². The summed E-state index contributed by atoms with van der Waals surface area (Å²) in [5.41, 5.74) is 8.75. The average molecular weight is 316 g/mol. The minimum absolute atomic E-state index is 0.407. The number of rotatable bonds is 2. The Morgan fingerprint density at radius 3 is 2.14 bits per heavy atom. The Hall–Kier alpha value is -1.69. The predicted molar refractivity (Wildman–Crippen MR) is 91.3 cm³/mol. The molecule has 3 nitrogen and oxygen atoms in total. The standard InChI is InChI=1S/C16H16N2OS2/c1-9-3-7-13(20-9)11-5-6-12(16(18-19)15(11)17)14-8-4-10(2)21-14/h3-8,15,19H,17H2,1-2H3/b18-16-. The Labute approximate surface area is 131 Å². The van der Waals surface area contributed by atoms with Crippen molar-refractivity contribution in [2.75, 3.05) is 0 Å². The molecule has 2 aromatic heterocycles. The third-order valence-electron chi connectivity index (χ3n) is 3.47. The van der Waals surface area contributed by atoms with Crippen molar-refractivity contribution < 1.29 is 5.21 Å². The van der Waals surface area contributed by atoms with Gasteiger partial charge in [-0.15, -0.1) is 22.7 Å². The molecular weight excluding hydrogens is 300 g/mol. The van der Waals surface area contributed by atoms with Crippen molar-refractivity contribution >= 4 is 39.5 Å². The van der Waals surface area contributed by atoms with Crippen molar-refractivity contribution in [2.45, 2.75) is 19.9 Å². The quantitative estimate of drug-likeness (QED) is 0.648. The first-order chi connectivity index (χ1) is 10.1. The molecule has 1 aliphatic rings. The highest BCUT2D eigenvalue weighted by Crippen LogP contribution is 2.34. The van der Waals surface area contributed by atoms with Crippen LogP contribution < -0.4 is 5.73 Å². The van der Waals surface area contributed by atoms with Gasteiger partial charge in [0.1, 0.15) is 5.71 Å². The lowest BCUT2D eigenvalue weighted by atomic mass is 9.90. The lowest BCUT2D eigenvalue weighted by molar-refractivity contribution is 0.318. The number of oxime groups is 1. The summed E-state index contributed by atoms with van der Waals surface area (Å²) in [6.45, 7) is 4.13. The van der Waals surface area contributed by atoms with Gasteiger partial charge in [-0.2, -0.15) is 0 Å². The number of nitrogens with two attached hydrogens (primary N) is 1. The molecule has 1 unspecified atom stereocenters. The Balaban J connectivity index is 2.07. The van der Waals surface area contributed by atoms with E-state index in [9.17, 15) is 5.21 Å².